The van der Waals surface area contributed by atoms with Crippen molar-refractivity contribution in [2.75, 3.05) is 7.05 Å². The Labute approximate surface area is 129 Å². The summed E-state index contributed by atoms with van der Waals surface area (Å²) in [7, 11) is 1.69. The molecule has 6 heteroatoms. The maximum atomic E-state index is 13.8. The monoisotopic (exact) mass is 359 g/mol. The third kappa shape index (κ3) is 3.98. The van der Waals surface area contributed by atoms with Gasteiger partial charge in [-0.1, -0.05) is 22.0 Å². The molecular formula is C15H13BrF3NO. The molecule has 0 aromatic heterocycles. The number of nitrogens with one attached hydrogen (secondary N) is 1. The van der Waals surface area contributed by atoms with Crippen molar-refractivity contribution in [2.45, 2.75) is 13.2 Å². The lowest BCUT2D eigenvalue weighted by molar-refractivity contribution is 0.273. The molecule has 0 spiro atoms. The van der Waals surface area contributed by atoms with E-state index in [-0.39, 0.29) is 6.61 Å². The van der Waals surface area contributed by atoms with Crippen LogP contribution in [-0.4, -0.2) is 7.05 Å². The Morgan fingerprint density at radius 2 is 1.76 bits per heavy atom. The van der Waals surface area contributed by atoms with Crippen molar-refractivity contribution in [1.82, 2.24) is 5.32 Å². The van der Waals surface area contributed by atoms with Gasteiger partial charge in [0, 0.05) is 16.6 Å². The smallest absolute Gasteiger partial charge is 0.191 e. The van der Waals surface area contributed by atoms with E-state index in [4.69, 9.17) is 4.74 Å². The van der Waals surface area contributed by atoms with Crippen LogP contribution in [-0.2, 0) is 13.2 Å². The number of ether oxygens (including phenoxy) is 1. The molecule has 0 fully saturated rings. The van der Waals surface area contributed by atoms with Crippen LogP contribution in [0.25, 0.3) is 0 Å². The summed E-state index contributed by atoms with van der Waals surface area (Å²) in [6.07, 6.45) is 0. The van der Waals surface area contributed by atoms with Crippen molar-refractivity contribution in [3.63, 3.8) is 0 Å². The van der Waals surface area contributed by atoms with Gasteiger partial charge in [-0.05, 0) is 36.9 Å². The first-order chi connectivity index (χ1) is 10.0. The fourth-order valence-electron chi connectivity index (χ4n) is 1.85. The molecule has 0 saturated heterocycles. The molecule has 0 aliphatic rings. The van der Waals surface area contributed by atoms with Crippen molar-refractivity contribution in [3.8, 4) is 5.75 Å². The lowest BCUT2D eigenvalue weighted by Gasteiger charge is -2.11. The number of hydrogen-bond donors (Lipinski definition) is 1. The van der Waals surface area contributed by atoms with Gasteiger partial charge in [-0.2, -0.15) is 0 Å². The highest BCUT2D eigenvalue weighted by Gasteiger charge is 2.13. The molecule has 1 N–H and O–H groups in total. The molecule has 21 heavy (non-hydrogen) atoms. The van der Waals surface area contributed by atoms with Crippen LogP contribution in [0.1, 0.15) is 11.1 Å². The second kappa shape index (κ2) is 6.95. The lowest BCUT2D eigenvalue weighted by atomic mass is 10.2. The zero-order chi connectivity index (χ0) is 15.4. The van der Waals surface area contributed by atoms with Gasteiger partial charge < -0.3 is 10.1 Å². The molecule has 0 atom stereocenters. The largest absolute Gasteiger partial charge is 0.483 e. The number of rotatable bonds is 5. The van der Waals surface area contributed by atoms with Crippen LogP contribution in [0.3, 0.4) is 0 Å². The van der Waals surface area contributed by atoms with Crippen LogP contribution in [0.15, 0.2) is 34.8 Å². The van der Waals surface area contributed by atoms with E-state index in [1.807, 2.05) is 0 Å². The van der Waals surface area contributed by atoms with Crippen molar-refractivity contribution in [3.05, 3.63) is 63.4 Å². The molecule has 0 radical (unpaired) electrons. The molecule has 2 aromatic rings. The summed E-state index contributed by atoms with van der Waals surface area (Å²) < 4.78 is 46.3. The predicted octanol–water partition coefficient (Wildman–Crippen LogP) is 4.16. The molecule has 0 heterocycles. The molecule has 2 nitrogen and oxygen atoms in total. The SMILES string of the molecule is CNCc1cc(F)c(OCc2ccc(F)cc2Br)c(F)c1. The van der Waals surface area contributed by atoms with Gasteiger partial charge >= 0.3 is 0 Å². The lowest BCUT2D eigenvalue weighted by Crippen LogP contribution is -2.07. The molecule has 0 unspecified atom stereocenters. The van der Waals surface area contributed by atoms with E-state index < -0.39 is 23.2 Å². The third-order valence-electron chi connectivity index (χ3n) is 2.83. The van der Waals surface area contributed by atoms with Gasteiger partial charge in [-0.25, -0.2) is 13.2 Å². The van der Waals surface area contributed by atoms with E-state index in [1.54, 1.807) is 7.05 Å². The van der Waals surface area contributed by atoms with Crippen molar-refractivity contribution >= 4 is 15.9 Å². The van der Waals surface area contributed by atoms with Crippen LogP contribution >= 0.6 is 15.9 Å². The van der Waals surface area contributed by atoms with E-state index in [9.17, 15) is 13.2 Å². The van der Waals surface area contributed by atoms with Gasteiger partial charge in [-0.3, -0.25) is 0 Å². The highest BCUT2D eigenvalue weighted by atomic mass is 79.9. The van der Waals surface area contributed by atoms with Gasteiger partial charge in [0.15, 0.2) is 17.4 Å². The summed E-state index contributed by atoms with van der Waals surface area (Å²) in [5.74, 6) is -2.37. The van der Waals surface area contributed by atoms with Crippen LogP contribution in [0.4, 0.5) is 13.2 Å². The number of hydrogen-bond acceptors (Lipinski definition) is 2. The van der Waals surface area contributed by atoms with E-state index >= 15 is 0 Å². The maximum Gasteiger partial charge on any atom is 0.191 e. The molecule has 2 aromatic carbocycles. The van der Waals surface area contributed by atoms with E-state index in [2.05, 4.69) is 21.2 Å². The summed E-state index contributed by atoms with van der Waals surface area (Å²) in [6, 6.07) is 6.45. The molecule has 0 bridgehead atoms. The average molecular weight is 360 g/mol. The fourth-order valence-corrected chi connectivity index (χ4v) is 2.31. The Kier molecular flexibility index (Phi) is 5.25. The minimum atomic E-state index is -0.765. The van der Waals surface area contributed by atoms with E-state index in [0.717, 1.165) is 0 Å². The topological polar surface area (TPSA) is 21.3 Å². The predicted molar refractivity (Wildman–Crippen MR) is 77.6 cm³/mol. The Bertz CT molecular complexity index is 626. The summed E-state index contributed by atoms with van der Waals surface area (Å²) >= 11 is 3.17. The van der Waals surface area contributed by atoms with E-state index in [1.165, 1.54) is 30.3 Å². The van der Waals surface area contributed by atoms with Crippen molar-refractivity contribution in [1.29, 1.82) is 0 Å². The molecule has 0 amide bonds. The Hall–Kier alpha value is -1.53. The molecule has 0 saturated carbocycles. The first-order valence-corrected chi connectivity index (χ1v) is 7.00. The third-order valence-corrected chi connectivity index (χ3v) is 3.56. The maximum absolute atomic E-state index is 13.8. The second-order valence-electron chi connectivity index (χ2n) is 4.44. The summed E-state index contributed by atoms with van der Waals surface area (Å²) in [6.45, 7) is 0.289. The first-order valence-electron chi connectivity index (χ1n) is 6.20. The first kappa shape index (κ1) is 15.9. The van der Waals surface area contributed by atoms with Crippen LogP contribution in [0.2, 0.25) is 0 Å². The van der Waals surface area contributed by atoms with Gasteiger partial charge in [0.2, 0.25) is 0 Å². The van der Waals surface area contributed by atoms with Gasteiger partial charge in [0.05, 0.1) is 0 Å². The number of benzene rings is 2. The minimum Gasteiger partial charge on any atom is -0.483 e. The highest BCUT2D eigenvalue weighted by molar-refractivity contribution is 9.10. The minimum absolute atomic E-state index is 0.0694. The Morgan fingerprint density at radius 1 is 1.10 bits per heavy atom. The average Bonchev–Trinajstić information content (AvgIpc) is 2.40. The molecule has 0 aliphatic carbocycles. The zero-order valence-electron chi connectivity index (χ0n) is 11.2. The Balaban J connectivity index is 2.16. The van der Waals surface area contributed by atoms with E-state index in [0.29, 0.717) is 22.1 Å². The second-order valence-corrected chi connectivity index (χ2v) is 5.30. The van der Waals surface area contributed by atoms with Gasteiger partial charge in [0.1, 0.15) is 12.4 Å². The summed E-state index contributed by atoms with van der Waals surface area (Å²) in [5, 5.41) is 2.81. The zero-order valence-corrected chi connectivity index (χ0v) is 12.8. The standard InChI is InChI=1S/C15H13BrF3NO/c1-20-7-9-4-13(18)15(14(19)5-9)21-8-10-2-3-11(17)6-12(10)16/h2-6,20H,7-8H2,1H3. The van der Waals surface area contributed by atoms with Gasteiger partial charge in [-0.15, -0.1) is 0 Å². The van der Waals surface area contributed by atoms with Crippen LogP contribution in [0, 0.1) is 17.5 Å². The fraction of sp³-hybridized carbons (Fsp3) is 0.200. The normalized spacial score (nSPS) is 10.7. The van der Waals surface area contributed by atoms with Gasteiger partial charge in [0.25, 0.3) is 0 Å². The van der Waals surface area contributed by atoms with Crippen LogP contribution in [0.5, 0.6) is 5.75 Å². The summed E-state index contributed by atoms with van der Waals surface area (Å²) in [5.41, 5.74) is 1.08. The molecule has 0 aliphatic heterocycles. The summed E-state index contributed by atoms with van der Waals surface area (Å²) in [4.78, 5) is 0. The van der Waals surface area contributed by atoms with Crippen LogP contribution < -0.4 is 10.1 Å². The molecule has 2 rings (SSSR count). The highest BCUT2D eigenvalue weighted by Crippen LogP contribution is 2.26. The number of halogens is 4. The molecule has 112 valence electrons. The van der Waals surface area contributed by atoms with Crippen molar-refractivity contribution < 1.29 is 17.9 Å². The Morgan fingerprint density at radius 3 is 2.33 bits per heavy atom. The molecular weight excluding hydrogens is 347 g/mol. The quantitative estimate of drug-likeness (QED) is 0.865. The van der Waals surface area contributed by atoms with Crippen molar-refractivity contribution in [2.24, 2.45) is 0 Å².